The molecule has 0 radical (unpaired) electrons. The molecule has 0 saturated heterocycles. The number of hydrazine groups is 1. The second kappa shape index (κ2) is 13.9. The van der Waals surface area contributed by atoms with Gasteiger partial charge in [0.2, 0.25) is 5.91 Å². The molecule has 40 heavy (non-hydrogen) atoms. The van der Waals surface area contributed by atoms with E-state index < -0.39 is 30.1 Å². The van der Waals surface area contributed by atoms with Crippen LogP contribution in [0.25, 0.3) is 0 Å². The van der Waals surface area contributed by atoms with Crippen LogP contribution in [0.2, 0.25) is 0 Å². The zero-order valence-electron chi connectivity index (χ0n) is 21.0. The van der Waals surface area contributed by atoms with Gasteiger partial charge >= 0.3 is 6.36 Å². The number of ether oxygens (including phenoxy) is 1. The number of carbonyl (C=O) groups is 2. The zero-order valence-corrected chi connectivity index (χ0v) is 21.0. The van der Waals surface area contributed by atoms with E-state index in [9.17, 15) is 27.2 Å². The van der Waals surface area contributed by atoms with Crippen molar-refractivity contribution >= 4 is 11.8 Å². The van der Waals surface area contributed by atoms with Crippen LogP contribution in [0.5, 0.6) is 5.75 Å². The number of alkyl halides is 4. The van der Waals surface area contributed by atoms with E-state index in [-0.39, 0.29) is 44.0 Å². The SMILES string of the molecule is N/C(=C\N(N)CC(F)CCn1cc(C(=O)NCc2cccc(OC(F)(F)F)c2)nn1)NC(=O)Cc1ccccn1. The smallest absolute Gasteiger partial charge is 0.406 e. The Labute approximate surface area is 225 Å². The summed E-state index contributed by atoms with van der Waals surface area (Å²) in [5.74, 6) is 4.25. The highest BCUT2D eigenvalue weighted by molar-refractivity contribution is 5.91. The predicted molar refractivity (Wildman–Crippen MR) is 133 cm³/mol. The molecule has 0 aliphatic carbocycles. The van der Waals surface area contributed by atoms with Gasteiger partial charge in [-0.05, 0) is 29.8 Å². The van der Waals surface area contributed by atoms with Gasteiger partial charge in [-0.1, -0.05) is 23.4 Å². The molecule has 2 amide bonds. The van der Waals surface area contributed by atoms with Crippen molar-refractivity contribution in [3.8, 4) is 5.75 Å². The summed E-state index contributed by atoms with van der Waals surface area (Å²) in [6, 6.07) is 10.3. The van der Waals surface area contributed by atoms with Gasteiger partial charge < -0.3 is 26.1 Å². The first-order valence-corrected chi connectivity index (χ1v) is 11.8. The summed E-state index contributed by atoms with van der Waals surface area (Å²) in [4.78, 5) is 28.4. The van der Waals surface area contributed by atoms with Gasteiger partial charge in [-0.3, -0.25) is 19.3 Å². The number of nitrogens with zero attached hydrogens (tertiary/aromatic N) is 5. The minimum atomic E-state index is -4.83. The molecule has 1 unspecified atom stereocenters. The third-order valence-electron chi connectivity index (χ3n) is 5.09. The molecule has 0 aliphatic heterocycles. The Morgan fingerprint density at radius 3 is 2.73 bits per heavy atom. The maximum absolute atomic E-state index is 14.4. The molecule has 0 fully saturated rings. The Balaban J connectivity index is 1.40. The van der Waals surface area contributed by atoms with E-state index in [2.05, 4.69) is 30.7 Å². The first kappa shape index (κ1) is 29.8. The Morgan fingerprint density at radius 1 is 1.20 bits per heavy atom. The molecule has 3 aromatic rings. The number of hydrogen-bond acceptors (Lipinski definition) is 9. The lowest BCUT2D eigenvalue weighted by Crippen LogP contribution is -2.36. The van der Waals surface area contributed by atoms with E-state index in [1.54, 1.807) is 24.4 Å². The van der Waals surface area contributed by atoms with E-state index in [4.69, 9.17) is 11.6 Å². The number of aryl methyl sites for hydroxylation is 1. The van der Waals surface area contributed by atoms with Crippen LogP contribution >= 0.6 is 0 Å². The first-order valence-electron chi connectivity index (χ1n) is 11.8. The van der Waals surface area contributed by atoms with Crippen LogP contribution in [-0.4, -0.2) is 55.9 Å². The lowest BCUT2D eigenvalue weighted by atomic mass is 10.2. The summed E-state index contributed by atoms with van der Waals surface area (Å²) < 4.78 is 56.7. The number of amides is 2. The van der Waals surface area contributed by atoms with Crippen molar-refractivity contribution in [2.45, 2.75) is 38.5 Å². The maximum Gasteiger partial charge on any atom is 0.573 e. The number of aromatic nitrogens is 4. The quantitative estimate of drug-likeness (QED) is 0.137. The third-order valence-corrected chi connectivity index (χ3v) is 5.09. The van der Waals surface area contributed by atoms with Crippen molar-refractivity contribution in [2.75, 3.05) is 6.54 Å². The van der Waals surface area contributed by atoms with Crippen LogP contribution in [-0.2, 0) is 24.3 Å². The third kappa shape index (κ3) is 10.6. The Morgan fingerprint density at radius 2 is 2.00 bits per heavy atom. The highest BCUT2D eigenvalue weighted by Crippen LogP contribution is 2.23. The molecule has 3 rings (SSSR count). The van der Waals surface area contributed by atoms with E-state index in [1.807, 2.05) is 0 Å². The van der Waals surface area contributed by atoms with Crippen molar-refractivity contribution in [3.05, 3.63) is 83.8 Å². The molecule has 1 atom stereocenters. The molecule has 6 N–H and O–H groups in total. The Hall–Kier alpha value is -4.73. The first-order chi connectivity index (χ1) is 19.0. The minimum absolute atomic E-state index is 0.00765. The van der Waals surface area contributed by atoms with E-state index in [1.165, 1.54) is 29.2 Å². The summed E-state index contributed by atoms with van der Waals surface area (Å²) in [7, 11) is 0. The van der Waals surface area contributed by atoms with Crippen LogP contribution in [0.15, 0.2) is 66.9 Å². The van der Waals surface area contributed by atoms with E-state index in [0.29, 0.717) is 11.3 Å². The fourth-order valence-electron chi connectivity index (χ4n) is 3.37. The monoisotopic (exact) mass is 565 g/mol. The van der Waals surface area contributed by atoms with Gasteiger partial charge in [-0.15, -0.1) is 18.3 Å². The summed E-state index contributed by atoms with van der Waals surface area (Å²) in [6.07, 6.45) is -2.21. The number of pyridine rings is 1. The van der Waals surface area contributed by atoms with Crippen molar-refractivity contribution in [1.82, 2.24) is 35.6 Å². The lowest BCUT2D eigenvalue weighted by molar-refractivity contribution is -0.274. The second-order valence-electron chi connectivity index (χ2n) is 8.46. The highest BCUT2D eigenvalue weighted by Gasteiger charge is 2.31. The molecular formula is C24H27F4N9O3. The van der Waals surface area contributed by atoms with Crippen molar-refractivity contribution in [2.24, 2.45) is 11.6 Å². The molecule has 2 aromatic heterocycles. The number of nitrogens with two attached hydrogens (primary N) is 2. The normalized spacial score (nSPS) is 12.5. The Kier molecular flexibility index (Phi) is 10.4. The van der Waals surface area contributed by atoms with Gasteiger partial charge in [-0.2, -0.15) is 0 Å². The summed E-state index contributed by atoms with van der Waals surface area (Å²) in [5, 5.41) is 13.5. The molecule has 0 spiro atoms. The van der Waals surface area contributed by atoms with Crippen LogP contribution in [0.4, 0.5) is 17.6 Å². The Bertz CT molecular complexity index is 1300. The number of halogens is 4. The predicted octanol–water partition coefficient (Wildman–Crippen LogP) is 1.52. The van der Waals surface area contributed by atoms with Crippen molar-refractivity contribution in [3.63, 3.8) is 0 Å². The number of benzene rings is 1. The maximum atomic E-state index is 14.4. The van der Waals surface area contributed by atoms with Gasteiger partial charge in [-0.25, -0.2) is 10.2 Å². The van der Waals surface area contributed by atoms with Gasteiger partial charge in [0.1, 0.15) is 17.7 Å². The minimum Gasteiger partial charge on any atom is -0.406 e. The van der Waals surface area contributed by atoms with Crippen molar-refractivity contribution in [1.29, 1.82) is 0 Å². The number of nitrogens with one attached hydrogen (secondary N) is 2. The molecule has 12 nitrogen and oxygen atoms in total. The molecule has 2 heterocycles. The number of rotatable bonds is 13. The van der Waals surface area contributed by atoms with E-state index in [0.717, 1.165) is 17.1 Å². The molecule has 1 aromatic carbocycles. The average molecular weight is 566 g/mol. The molecule has 0 saturated carbocycles. The summed E-state index contributed by atoms with van der Waals surface area (Å²) >= 11 is 0. The van der Waals surface area contributed by atoms with Gasteiger partial charge in [0.15, 0.2) is 5.69 Å². The zero-order chi connectivity index (χ0) is 29.1. The standard InChI is InChI=1S/C24H27F4N9O3/c25-17(13-36(30)15-21(29)33-22(38)11-18-5-1-2-8-31-18)7-9-37-14-20(34-35-37)23(39)32-12-16-4-3-6-19(10-16)40-24(26,27)28/h1-6,8,10,14-15,17H,7,9,11-13,29-30H2,(H,32,39)(H,33,38)/b21-15+. The molecule has 0 bridgehead atoms. The van der Waals surface area contributed by atoms with Gasteiger partial charge in [0.25, 0.3) is 5.91 Å². The van der Waals surface area contributed by atoms with Gasteiger partial charge in [0, 0.05) is 31.4 Å². The number of hydrogen-bond donors (Lipinski definition) is 4. The second-order valence-corrected chi connectivity index (χ2v) is 8.46. The topological polar surface area (TPSA) is 166 Å². The fraction of sp³-hybridized carbons (Fsp3) is 0.292. The fourth-order valence-corrected chi connectivity index (χ4v) is 3.37. The molecule has 0 aliphatic rings. The summed E-state index contributed by atoms with van der Waals surface area (Å²) in [6.45, 7) is -0.248. The largest absolute Gasteiger partial charge is 0.573 e. The lowest BCUT2D eigenvalue weighted by Gasteiger charge is -2.18. The van der Waals surface area contributed by atoms with Gasteiger partial charge in [0.05, 0.1) is 25.4 Å². The number of carbonyl (C=O) groups excluding carboxylic acids is 2. The van der Waals surface area contributed by atoms with E-state index >= 15 is 0 Å². The average Bonchev–Trinajstić information content (AvgIpc) is 3.35. The molecular weight excluding hydrogens is 538 g/mol. The summed E-state index contributed by atoms with van der Waals surface area (Å²) in [5.41, 5.74) is 6.62. The van der Waals surface area contributed by atoms with Crippen LogP contribution < -0.4 is 26.9 Å². The van der Waals surface area contributed by atoms with Crippen LogP contribution in [0.1, 0.15) is 28.2 Å². The molecule has 16 heteroatoms. The van der Waals surface area contributed by atoms with Crippen LogP contribution in [0, 0.1) is 0 Å². The molecule has 214 valence electrons. The van der Waals surface area contributed by atoms with Crippen LogP contribution in [0.3, 0.4) is 0 Å². The highest BCUT2D eigenvalue weighted by atomic mass is 19.4. The van der Waals surface area contributed by atoms with Crippen molar-refractivity contribution < 1.29 is 31.9 Å².